The van der Waals surface area contributed by atoms with Crippen molar-refractivity contribution in [2.75, 3.05) is 32.4 Å². The van der Waals surface area contributed by atoms with E-state index in [-0.39, 0.29) is 30.4 Å². The highest BCUT2D eigenvalue weighted by Gasteiger charge is 2.26. The highest BCUT2D eigenvalue weighted by Crippen LogP contribution is 2.22. The first-order valence-corrected chi connectivity index (χ1v) is 8.15. The van der Waals surface area contributed by atoms with E-state index in [9.17, 15) is 13.2 Å². The van der Waals surface area contributed by atoms with Crippen molar-refractivity contribution < 1.29 is 13.2 Å². The molecule has 0 aromatic rings. The maximum absolute atomic E-state index is 12.0. The summed E-state index contributed by atoms with van der Waals surface area (Å²) in [5, 5.41) is 3.79. The number of rotatable bonds is 5. The van der Waals surface area contributed by atoms with Gasteiger partial charge in [0.05, 0.1) is 0 Å². The SMILES string of the molecule is CCC1CN(C(=NC)NCCCCC(F)(F)F)CCS1.I. The number of alkyl halides is 3. The predicted molar refractivity (Wildman–Crippen MR) is 94.8 cm³/mol. The molecule has 0 saturated carbocycles. The molecule has 1 atom stereocenters. The van der Waals surface area contributed by atoms with Crippen LogP contribution in [0.3, 0.4) is 0 Å². The zero-order valence-corrected chi connectivity index (χ0v) is 15.7. The zero-order chi connectivity index (χ0) is 15.0. The van der Waals surface area contributed by atoms with Gasteiger partial charge in [-0.3, -0.25) is 4.99 Å². The van der Waals surface area contributed by atoms with E-state index >= 15 is 0 Å². The number of nitrogens with one attached hydrogen (secondary N) is 1. The van der Waals surface area contributed by atoms with Crippen molar-refractivity contribution in [3.63, 3.8) is 0 Å². The van der Waals surface area contributed by atoms with Gasteiger partial charge in [-0.25, -0.2) is 0 Å². The number of hydrogen-bond acceptors (Lipinski definition) is 2. The Morgan fingerprint density at radius 1 is 1.38 bits per heavy atom. The summed E-state index contributed by atoms with van der Waals surface area (Å²) in [6.45, 7) is 4.63. The summed E-state index contributed by atoms with van der Waals surface area (Å²) in [7, 11) is 1.72. The van der Waals surface area contributed by atoms with Crippen LogP contribution in [0.4, 0.5) is 13.2 Å². The summed E-state index contributed by atoms with van der Waals surface area (Å²) in [6, 6.07) is 0. The summed E-state index contributed by atoms with van der Waals surface area (Å²) in [5.41, 5.74) is 0. The van der Waals surface area contributed by atoms with E-state index in [2.05, 4.69) is 22.1 Å². The molecular weight excluding hydrogens is 414 g/mol. The number of thioether (sulfide) groups is 1. The lowest BCUT2D eigenvalue weighted by atomic mass is 10.2. The molecular formula is C13H25F3IN3S. The van der Waals surface area contributed by atoms with Gasteiger partial charge < -0.3 is 10.2 Å². The molecule has 0 amide bonds. The van der Waals surface area contributed by atoms with Gasteiger partial charge in [-0.05, 0) is 19.3 Å². The van der Waals surface area contributed by atoms with E-state index < -0.39 is 12.6 Å². The number of halogens is 4. The fraction of sp³-hybridized carbons (Fsp3) is 0.923. The summed E-state index contributed by atoms with van der Waals surface area (Å²) in [6.07, 6.45) is -2.94. The topological polar surface area (TPSA) is 27.6 Å². The van der Waals surface area contributed by atoms with Crippen molar-refractivity contribution in [2.24, 2.45) is 4.99 Å². The Bertz CT molecular complexity index is 314. The molecule has 1 aliphatic rings. The van der Waals surface area contributed by atoms with Crippen LogP contribution in [-0.4, -0.2) is 54.7 Å². The molecule has 3 nitrogen and oxygen atoms in total. The van der Waals surface area contributed by atoms with Gasteiger partial charge in [-0.2, -0.15) is 24.9 Å². The smallest absolute Gasteiger partial charge is 0.356 e. The lowest BCUT2D eigenvalue weighted by Crippen LogP contribution is -2.48. The largest absolute Gasteiger partial charge is 0.389 e. The van der Waals surface area contributed by atoms with Crippen LogP contribution in [-0.2, 0) is 0 Å². The van der Waals surface area contributed by atoms with Gasteiger partial charge in [-0.15, -0.1) is 24.0 Å². The standard InChI is InChI=1S/C13H24F3N3S.HI/c1-3-11-10-19(8-9-20-11)12(17-2)18-7-5-4-6-13(14,15)16;/h11H,3-10H2,1-2H3,(H,17,18);1H. The Hall–Kier alpha value is 0.140. The number of guanidine groups is 1. The third-order valence-electron chi connectivity index (χ3n) is 3.28. The van der Waals surface area contributed by atoms with Crippen LogP contribution in [0.2, 0.25) is 0 Å². The Morgan fingerprint density at radius 3 is 2.67 bits per heavy atom. The van der Waals surface area contributed by atoms with Gasteiger partial charge in [0.1, 0.15) is 0 Å². The minimum atomic E-state index is -4.04. The van der Waals surface area contributed by atoms with Crippen molar-refractivity contribution in [3.8, 4) is 0 Å². The van der Waals surface area contributed by atoms with Gasteiger partial charge in [-0.1, -0.05) is 6.92 Å². The van der Waals surface area contributed by atoms with Crippen LogP contribution < -0.4 is 5.32 Å². The third kappa shape index (κ3) is 9.00. The van der Waals surface area contributed by atoms with Crippen LogP contribution in [0.15, 0.2) is 4.99 Å². The number of hydrogen-bond donors (Lipinski definition) is 1. The lowest BCUT2D eigenvalue weighted by molar-refractivity contribution is -0.135. The molecule has 0 bridgehead atoms. The van der Waals surface area contributed by atoms with Crippen LogP contribution in [0, 0.1) is 0 Å². The lowest BCUT2D eigenvalue weighted by Gasteiger charge is -2.34. The van der Waals surface area contributed by atoms with E-state index in [1.807, 2.05) is 11.8 Å². The van der Waals surface area contributed by atoms with Crippen molar-refractivity contribution in [3.05, 3.63) is 0 Å². The van der Waals surface area contributed by atoms with Crippen LogP contribution in [0.25, 0.3) is 0 Å². The monoisotopic (exact) mass is 439 g/mol. The fourth-order valence-corrected chi connectivity index (χ4v) is 3.32. The molecule has 0 aliphatic carbocycles. The molecule has 0 radical (unpaired) electrons. The Labute approximate surface area is 146 Å². The predicted octanol–water partition coefficient (Wildman–Crippen LogP) is 3.74. The first kappa shape index (κ1) is 21.1. The first-order chi connectivity index (χ1) is 9.46. The highest BCUT2D eigenvalue weighted by atomic mass is 127. The van der Waals surface area contributed by atoms with Crippen LogP contribution in [0.1, 0.15) is 32.6 Å². The number of aliphatic imine (C=N–C) groups is 1. The van der Waals surface area contributed by atoms with E-state index in [0.717, 1.165) is 31.2 Å². The molecule has 1 heterocycles. The van der Waals surface area contributed by atoms with Crippen LogP contribution >= 0.6 is 35.7 Å². The second-order valence-corrected chi connectivity index (χ2v) is 6.30. The average molecular weight is 439 g/mol. The summed E-state index contributed by atoms with van der Waals surface area (Å²) in [5.74, 6) is 1.89. The van der Waals surface area contributed by atoms with Gasteiger partial charge in [0.25, 0.3) is 0 Å². The van der Waals surface area contributed by atoms with Gasteiger partial charge in [0, 0.05) is 44.1 Å². The molecule has 8 heteroatoms. The Kier molecular flexibility index (Phi) is 10.9. The molecule has 1 fully saturated rings. The molecule has 0 aromatic heterocycles. The quantitative estimate of drug-likeness (QED) is 0.306. The van der Waals surface area contributed by atoms with Crippen molar-refractivity contribution in [1.82, 2.24) is 10.2 Å². The first-order valence-electron chi connectivity index (χ1n) is 7.10. The fourth-order valence-electron chi connectivity index (χ4n) is 2.14. The van der Waals surface area contributed by atoms with Gasteiger partial charge in [0.15, 0.2) is 5.96 Å². The Balaban J connectivity index is 0.00000400. The summed E-state index contributed by atoms with van der Waals surface area (Å²) in [4.78, 5) is 6.43. The minimum Gasteiger partial charge on any atom is -0.356 e. The van der Waals surface area contributed by atoms with Gasteiger partial charge in [0.2, 0.25) is 0 Å². The van der Waals surface area contributed by atoms with E-state index in [1.54, 1.807) is 7.05 Å². The third-order valence-corrected chi connectivity index (χ3v) is 4.65. The zero-order valence-electron chi connectivity index (χ0n) is 12.6. The molecule has 1 saturated heterocycles. The second-order valence-electron chi connectivity index (χ2n) is 4.89. The molecule has 21 heavy (non-hydrogen) atoms. The van der Waals surface area contributed by atoms with E-state index in [1.165, 1.54) is 0 Å². The molecule has 126 valence electrons. The second kappa shape index (κ2) is 10.8. The van der Waals surface area contributed by atoms with Crippen molar-refractivity contribution in [2.45, 2.75) is 44.0 Å². The molecule has 1 aliphatic heterocycles. The molecule has 0 spiro atoms. The molecule has 1 unspecified atom stereocenters. The van der Waals surface area contributed by atoms with E-state index in [0.29, 0.717) is 18.2 Å². The maximum Gasteiger partial charge on any atom is 0.389 e. The molecule has 1 rings (SSSR count). The normalized spacial score (nSPS) is 20.1. The van der Waals surface area contributed by atoms with Gasteiger partial charge >= 0.3 is 6.18 Å². The van der Waals surface area contributed by atoms with Crippen LogP contribution in [0.5, 0.6) is 0 Å². The van der Waals surface area contributed by atoms with E-state index in [4.69, 9.17) is 0 Å². The maximum atomic E-state index is 12.0. The Morgan fingerprint density at radius 2 is 2.10 bits per heavy atom. The molecule has 1 N–H and O–H groups in total. The molecule has 0 aromatic carbocycles. The summed E-state index contributed by atoms with van der Waals surface area (Å²) >= 11 is 1.98. The highest BCUT2D eigenvalue weighted by molar-refractivity contribution is 14.0. The average Bonchev–Trinajstić information content (AvgIpc) is 2.41. The summed E-state index contributed by atoms with van der Waals surface area (Å²) < 4.78 is 36.1. The number of unbranched alkanes of at least 4 members (excludes halogenated alkanes) is 1. The van der Waals surface area contributed by atoms with Crippen molar-refractivity contribution >= 4 is 41.7 Å². The van der Waals surface area contributed by atoms with Crippen molar-refractivity contribution in [1.29, 1.82) is 0 Å². The minimum absolute atomic E-state index is 0. The number of nitrogens with zero attached hydrogens (tertiary/aromatic N) is 2.